The molecular formula is C15H12N2O3S. The molecule has 2 aromatic rings. The van der Waals surface area contributed by atoms with Crippen LogP contribution in [0.4, 0.5) is 0 Å². The van der Waals surface area contributed by atoms with Gasteiger partial charge in [-0.15, -0.1) is 6.42 Å². The lowest BCUT2D eigenvalue weighted by Gasteiger charge is -2.12. The summed E-state index contributed by atoms with van der Waals surface area (Å²) in [5.41, 5.74) is 0.960. The van der Waals surface area contributed by atoms with Gasteiger partial charge >= 0.3 is 5.91 Å². The lowest BCUT2D eigenvalue weighted by Crippen LogP contribution is -2.19. The van der Waals surface area contributed by atoms with Crippen molar-refractivity contribution in [3.63, 3.8) is 0 Å². The van der Waals surface area contributed by atoms with Crippen LogP contribution in [-0.4, -0.2) is 23.7 Å². The van der Waals surface area contributed by atoms with E-state index in [1.807, 2.05) is 28.8 Å². The van der Waals surface area contributed by atoms with E-state index < -0.39 is 5.91 Å². The van der Waals surface area contributed by atoms with Gasteiger partial charge in [0.1, 0.15) is 19.5 Å². The van der Waals surface area contributed by atoms with E-state index in [1.165, 1.54) is 17.6 Å². The van der Waals surface area contributed by atoms with Crippen molar-refractivity contribution >= 4 is 27.5 Å². The minimum Gasteiger partial charge on any atom is -0.494 e. The molecule has 0 unspecified atom stereocenters. The lowest BCUT2D eigenvalue weighted by atomic mass is 10.3. The Kier molecular flexibility index (Phi) is 3.75. The fourth-order valence-electron chi connectivity index (χ4n) is 1.97. The number of para-hydroxylation sites is 1. The fourth-order valence-corrected chi connectivity index (χ4v) is 3.00. The summed E-state index contributed by atoms with van der Waals surface area (Å²) < 4.78 is 13.2. The molecule has 106 valence electrons. The van der Waals surface area contributed by atoms with Crippen molar-refractivity contribution in [2.45, 2.75) is 6.54 Å². The monoisotopic (exact) mass is 300 g/mol. The molecule has 0 bridgehead atoms. The standard InChI is InChI=1S/C15H12N2O3S/c1-2-7-17-11-5-3-4-6-13(11)21-15(17)16-14(18)12-10-19-8-9-20-12/h1,3-6,10H,7-9H2. The molecule has 1 aliphatic heterocycles. The second kappa shape index (κ2) is 5.85. The number of thiazole rings is 1. The van der Waals surface area contributed by atoms with E-state index in [1.54, 1.807) is 0 Å². The zero-order chi connectivity index (χ0) is 14.7. The molecule has 1 aliphatic rings. The minimum absolute atomic E-state index is 0.117. The second-order valence-electron chi connectivity index (χ2n) is 4.26. The molecule has 2 heterocycles. The van der Waals surface area contributed by atoms with Gasteiger partial charge in [0.05, 0.1) is 16.8 Å². The summed E-state index contributed by atoms with van der Waals surface area (Å²) in [7, 11) is 0. The van der Waals surface area contributed by atoms with Gasteiger partial charge in [0, 0.05) is 0 Å². The highest BCUT2D eigenvalue weighted by Crippen LogP contribution is 2.16. The summed E-state index contributed by atoms with van der Waals surface area (Å²) >= 11 is 1.41. The van der Waals surface area contributed by atoms with E-state index in [9.17, 15) is 4.79 Å². The minimum atomic E-state index is -0.466. The summed E-state index contributed by atoms with van der Waals surface area (Å²) in [5, 5.41) is 0. The maximum atomic E-state index is 12.1. The third-order valence-electron chi connectivity index (χ3n) is 2.89. The number of benzene rings is 1. The third kappa shape index (κ3) is 2.69. The molecule has 1 amide bonds. The van der Waals surface area contributed by atoms with E-state index in [2.05, 4.69) is 10.9 Å². The normalized spacial score (nSPS) is 15.0. The Morgan fingerprint density at radius 3 is 3.05 bits per heavy atom. The van der Waals surface area contributed by atoms with Crippen molar-refractivity contribution in [2.24, 2.45) is 4.99 Å². The predicted octanol–water partition coefficient (Wildman–Crippen LogP) is 1.65. The van der Waals surface area contributed by atoms with Crippen molar-refractivity contribution < 1.29 is 14.3 Å². The van der Waals surface area contributed by atoms with E-state index in [0.29, 0.717) is 24.6 Å². The van der Waals surface area contributed by atoms with Crippen molar-refractivity contribution in [3.05, 3.63) is 41.1 Å². The lowest BCUT2D eigenvalue weighted by molar-refractivity contribution is -0.119. The van der Waals surface area contributed by atoms with Gasteiger partial charge in [0.25, 0.3) is 0 Å². The first kappa shape index (κ1) is 13.5. The van der Waals surface area contributed by atoms with Gasteiger partial charge in [-0.3, -0.25) is 4.79 Å². The molecule has 0 saturated heterocycles. The molecule has 5 nitrogen and oxygen atoms in total. The average Bonchev–Trinajstić information content (AvgIpc) is 2.86. The van der Waals surface area contributed by atoms with Gasteiger partial charge < -0.3 is 14.0 Å². The van der Waals surface area contributed by atoms with E-state index >= 15 is 0 Å². The molecule has 0 saturated carbocycles. The molecule has 1 aromatic heterocycles. The van der Waals surface area contributed by atoms with Crippen LogP contribution in [0.15, 0.2) is 41.3 Å². The molecule has 0 fully saturated rings. The number of hydrogen-bond acceptors (Lipinski definition) is 4. The number of terminal acetylenes is 1. The Morgan fingerprint density at radius 2 is 2.29 bits per heavy atom. The summed E-state index contributed by atoms with van der Waals surface area (Å²) in [5.74, 6) is 2.23. The molecule has 0 atom stereocenters. The first-order valence-corrected chi connectivity index (χ1v) is 7.16. The Bertz CT molecular complexity index is 823. The Labute approximate surface area is 125 Å². The summed E-state index contributed by atoms with van der Waals surface area (Å²) in [4.78, 5) is 16.8. The van der Waals surface area contributed by atoms with Crippen LogP contribution < -0.4 is 4.80 Å². The van der Waals surface area contributed by atoms with Crippen LogP contribution in [-0.2, 0) is 20.8 Å². The number of carbonyl (C=O) groups excluding carboxylic acids is 1. The highest BCUT2D eigenvalue weighted by atomic mass is 32.1. The Hall–Kier alpha value is -2.52. The molecule has 0 aliphatic carbocycles. The van der Waals surface area contributed by atoms with Gasteiger partial charge in [-0.05, 0) is 12.1 Å². The first-order chi connectivity index (χ1) is 10.3. The number of amides is 1. The zero-order valence-corrected chi connectivity index (χ0v) is 11.9. The van der Waals surface area contributed by atoms with Crippen LogP contribution in [0.3, 0.4) is 0 Å². The predicted molar refractivity (Wildman–Crippen MR) is 79.2 cm³/mol. The molecule has 3 rings (SSSR count). The fraction of sp³-hybridized carbons (Fsp3) is 0.200. The molecular weight excluding hydrogens is 288 g/mol. The van der Waals surface area contributed by atoms with Crippen molar-refractivity contribution in [2.75, 3.05) is 13.2 Å². The topological polar surface area (TPSA) is 52.8 Å². The highest BCUT2D eigenvalue weighted by Gasteiger charge is 2.15. The van der Waals surface area contributed by atoms with Gasteiger partial charge in [-0.2, -0.15) is 4.99 Å². The smallest absolute Gasteiger partial charge is 0.317 e. The van der Waals surface area contributed by atoms with Crippen LogP contribution in [0.5, 0.6) is 0 Å². The number of rotatable bonds is 2. The zero-order valence-electron chi connectivity index (χ0n) is 11.1. The number of carbonyl (C=O) groups is 1. The number of aromatic nitrogens is 1. The average molecular weight is 300 g/mol. The molecule has 6 heteroatoms. The first-order valence-electron chi connectivity index (χ1n) is 6.35. The highest BCUT2D eigenvalue weighted by molar-refractivity contribution is 7.16. The van der Waals surface area contributed by atoms with Gasteiger partial charge in [0.15, 0.2) is 4.80 Å². The largest absolute Gasteiger partial charge is 0.494 e. The number of fused-ring (bicyclic) bond motifs is 1. The van der Waals surface area contributed by atoms with Crippen LogP contribution in [0.2, 0.25) is 0 Å². The second-order valence-corrected chi connectivity index (χ2v) is 5.27. The van der Waals surface area contributed by atoms with E-state index in [0.717, 1.165) is 10.2 Å². The quantitative estimate of drug-likeness (QED) is 0.793. The molecule has 0 spiro atoms. The molecule has 0 radical (unpaired) electrons. The van der Waals surface area contributed by atoms with Crippen molar-refractivity contribution in [3.8, 4) is 12.3 Å². The van der Waals surface area contributed by atoms with Crippen LogP contribution in [0, 0.1) is 12.3 Å². The third-order valence-corrected chi connectivity index (χ3v) is 3.95. The van der Waals surface area contributed by atoms with E-state index in [4.69, 9.17) is 15.9 Å². The SMILES string of the molecule is C#CCn1c(=NC(=O)C2=COCCO2)sc2ccccc21. The Balaban J connectivity index is 2.08. The van der Waals surface area contributed by atoms with Gasteiger partial charge in [-0.1, -0.05) is 29.4 Å². The maximum Gasteiger partial charge on any atom is 0.317 e. The Morgan fingerprint density at radius 1 is 1.43 bits per heavy atom. The summed E-state index contributed by atoms with van der Waals surface area (Å²) in [6.45, 7) is 1.15. The number of nitrogens with zero attached hydrogens (tertiary/aromatic N) is 2. The number of hydrogen-bond donors (Lipinski definition) is 0. The van der Waals surface area contributed by atoms with Crippen LogP contribution >= 0.6 is 11.3 Å². The maximum absolute atomic E-state index is 12.1. The van der Waals surface area contributed by atoms with Gasteiger partial charge in [0.2, 0.25) is 5.76 Å². The summed E-state index contributed by atoms with van der Waals surface area (Å²) in [6, 6.07) is 7.78. The number of ether oxygens (including phenoxy) is 2. The molecule has 0 N–H and O–H groups in total. The van der Waals surface area contributed by atoms with Crippen LogP contribution in [0.25, 0.3) is 10.2 Å². The molecule has 21 heavy (non-hydrogen) atoms. The summed E-state index contributed by atoms with van der Waals surface area (Å²) in [6.07, 6.45) is 6.70. The van der Waals surface area contributed by atoms with Crippen molar-refractivity contribution in [1.29, 1.82) is 0 Å². The van der Waals surface area contributed by atoms with E-state index in [-0.39, 0.29) is 5.76 Å². The molecule has 1 aromatic carbocycles. The van der Waals surface area contributed by atoms with Crippen molar-refractivity contribution in [1.82, 2.24) is 4.57 Å². The van der Waals surface area contributed by atoms with Crippen LogP contribution in [0.1, 0.15) is 0 Å². The van der Waals surface area contributed by atoms with Gasteiger partial charge in [-0.25, -0.2) is 0 Å².